The average molecular weight is 288 g/mol. The number of nitrogens with zero attached hydrogens (tertiary/aromatic N) is 1. The van der Waals surface area contributed by atoms with Crippen LogP contribution in [0.15, 0.2) is 0 Å². The number of hydrogen-bond donors (Lipinski definition) is 1. The van der Waals surface area contributed by atoms with Gasteiger partial charge in [-0.2, -0.15) is 0 Å². The smallest absolute Gasteiger partial charge is 0.151 e. The van der Waals surface area contributed by atoms with Gasteiger partial charge in [-0.3, -0.25) is 0 Å². The predicted molar refractivity (Wildman–Crippen MR) is 78.8 cm³/mol. The molecule has 4 nitrogen and oxygen atoms in total. The zero-order valence-electron chi connectivity index (χ0n) is 12.2. The third-order valence-electron chi connectivity index (χ3n) is 5.08. The van der Waals surface area contributed by atoms with Gasteiger partial charge in [-0.1, -0.05) is 13.3 Å². The second-order valence-electron chi connectivity index (χ2n) is 6.51. The molecule has 2 N–H and O–H groups in total. The van der Waals surface area contributed by atoms with E-state index in [2.05, 4.69) is 18.9 Å². The summed E-state index contributed by atoms with van der Waals surface area (Å²) in [5.74, 6) is 2.04. The molecule has 1 heterocycles. The normalized spacial score (nSPS) is 38.7. The number of rotatable bonds is 4. The molecule has 2 rings (SSSR count). The lowest BCUT2D eigenvalue weighted by Gasteiger charge is -2.37. The molecule has 1 aliphatic heterocycles. The second-order valence-corrected chi connectivity index (χ2v) is 8.74. The number of nitrogens with two attached hydrogens (primary N) is 1. The molecule has 112 valence electrons. The van der Waals surface area contributed by atoms with Gasteiger partial charge < -0.3 is 10.6 Å². The van der Waals surface area contributed by atoms with Gasteiger partial charge in [0.15, 0.2) is 9.84 Å². The Hall–Kier alpha value is -0.130. The summed E-state index contributed by atoms with van der Waals surface area (Å²) in [6, 6.07) is 0.502. The van der Waals surface area contributed by atoms with Gasteiger partial charge in [0, 0.05) is 18.6 Å². The topological polar surface area (TPSA) is 63.4 Å². The van der Waals surface area contributed by atoms with Crippen LogP contribution in [-0.2, 0) is 9.84 Å². The fourth-order valence-electron chi connectivity index (χ4n) is 3.61. The molecule has 1 saturated carbocycles. The van der Waals surface area contributed by atoms with Crippen molar-refractivity contribution in [2.75, 3.05) is 25.1 Å². The Morgan fingerprint density at radius 2 is 2.00 bits per heavy atom. The number of sulfone groups is 1. The fourth-order valence-corrected chi connectivity index (χ4v) is 5.41. The van der Waals surface area contributed by atoms with Gasteiger partial charge in [-0.05, 0) is 44.6 Å². The molecule has 0 amide bonds. The molecule has 0 aromatic rings. The lowest BCUT2D eigenvalue weighted by Crippen LogP contribution is -2.45. The first-order valence-electron chi connectivity index (χ1n) is 7.57. The van der Waals surface area contributed by atoms with Crippen molar-refractivity contribution in [2.45, 2.75) is 51.1 Å². The maximum Gasteiger partial charge on any atom is 0.151 e. The lowest BCUT2D eigenvalue weighted by molar-refractivity contribution is 0.150. The highest BCUT2D eigenvalue weighted by Crippen LogP contribution is 2.31. The highest BCUT2D eigenvalue weighted by atomic mass is 32.2. The summed E-state index contributed by atoms with van der Waals surface area (Å²) in [7, 11) is -0.720. The minimum Gasteiger partial charge on any atom is -0.327 e. The van der Waals surface area contributed by atoms with E-state index in [1.165, 1.54) is 19.3 Å². The molecular weight excluding hydrogens is 260 g/mol. The van der Waals surface area contributed by atoms with E-state index in [0.717, 1.165) is 25.3 Å². The maximum atomic E-state index is 11.5. The van der Waals surface area contributed by atoms with Crippen LogP contribution in [-0.4, -0.2) is 50.5 Å². The molecule has 5 heteroatoms. The molecule has 0 aromatic carbocycles. The lowest BCUT2D eigenvalue weighted by atomic mass is 9.77. The Balaban J connectivity index is 1.89. The van der Waals surface area contributed by atoms with E-state index in [9.17, 15) is 8.42 Å². The Bertz CT molecular complexity index is 396. The minimum absolute atomic E-state index is 0.208. The van der Waals surface area contributed by atoms with Crippen LogP contribution in [0.4, 0.5) is 0 Å². The van der Waals surface area contributed by atoms with Gasteiger partial charge in [-0.25, -0.2) is 8.42 Å². The quantitative estimate of drug-likeness (QED) is 0.846. The SMILES string of the molecule is CCC1CCC(N)C(CN(C)C2CCS(=O)(=O)C2)C1. The van der Waals surface area contributed by atoms with E-state index < -0.39 is 9.84 Å². The van der Waals surface area contributed by atoms with Crippen molar-refractivity contribution in [1.29, 1.82) is 0 Å². The van der Waals surface area contributed by atoms with Crippen LogP contribution in [0.1, 0.15) is 39.0 Å². The highest BCUT2D eigenvalue weighted by Gasteiger charge is 2.34. The van der Waals surface area contributed by atoms with E-state index in [1.807, 2.05) is 0 Å². The zero-order chi connectivity index (χ0) is 14.0. The van der Waals surface area contributed by atoms with E-state index in [1.54, 1.807) is 0 Å². The van der Waals surface area contributed by atoms with Gasteiger partial charge in [0.1, 0.15) is 0 Å². The van der Waals surface area contributed by atoms with Crippen LogP contribution >= 0.6 is 0 Å². The predicted octanol–water partition coefficient (Wildman–Crippen LogP) is 1.26. The third kappa shape index (κ3) is 3.92. The van der Waals surface area contributed by atoms with Crippen LogP contribution in [0.3, 0.4) is 0 Å². The van der Waals surface area contributed by atoms with E-state index >= 15 is 0 Å². The summed E-state index contributed by atoms with van der Waals surface area (Å²) in [5, 5.41) is 0. The first-order valence-corrected chi connectivity index (χ1v) is 9.39. The van der Waals surface area contributed by atoms with Crippen LogP contribution < -0.4 is 5.73 Å². The van der Waals surface area contributed by atoms with Gasteiger partial charge in [0.25, 0.3) is 0 Å². The van der Waals surface area contributed by atoms with E-state index in [0.29, 0.717) is 23.5 Å². The van der Waals surface area contributed by atoms with E-state index in [-0.39, 0.29) is 6.04 Å². The Morgan fingerprint density at radius 1 is 1.26 bits per heavy atom. The summed E-state index contributed by atoms with van der Waals surface area (Å²) in [6.45, 7) is 3.21. The molecule has 4 unspecified atom stereocenters. The molecule has 2 fully saturated rings. The van der Waals surface area contributed by atoms with Gasteiger partial charge >= 0.3 is 0 Å². The van der Waals surface area contributed by atoms with Crippen molar-refractivity contribution < 1.29 is 8.42 Å². The summed E-state index contributed by atoms with van der Waals surface area (Å²) in [6.07, 6.45) is 5.62. The second kappa shape index (κ2) is 6.10. The van der Waals surface area contributed by atoms with Gasteiger partial charge in [-0.15, -0.1) is 0 Å². The fraction of sp³-hybridized carbons (Fsp3) is 1.00. The number of hydrogen-bond acceptors (Lipinski definition) is 4. The summed E-state index contributed by atoms with van der Waals surface area (Å²) in [4.78, 5) is 2.24. The van der Waals surface area contributed by atoms with Gasteiger partial charge in [0.05, 0.1) is 11.5 Å². The summed E-state index contributed by atoms with van der Waals surface area (Å²) < 4.78 is 23.1. The molecule has 0 aromatic heterocycles. The van der Waals surface area contributed by atoms with Crippen LogP contribution in [0.25, 0.3) is 0 Å². The Kier molecular flexibility index (Phi) is 4.90. The monoisotopic (exact) mass is 288 g/mol. The standard InChI is InChI=1S/C14H28N2O2S/c1-3-11-4-5-14(15)12(8-11)9-16(2)13-6-7-19(17,18)10-13/h11-14H,3-10,15H2,1-2H3. The highest BCUT2D eigenvalue weighted by molar-refractivity contribution is 7.91. The molecule has 2 aliphatic rings. The van der Waals surface area contributed by atoms with Crippen molar-refractivity contribution in [3.05, 3.63) is 0 Å². The van der Waals surface area contributed by atoms with Crippen molar-refractivity contribution >= 4 is 9.84 Å². The molecule has 0 bridgehead atoms. The molecule has 0 radical (unpaired) electrons. The largest absolute Gasteiger partial charge is 0.327 e. The minimum atomic E-state index is -2.78. The van der Waals surface area contributed by atoms with E-state index in [4.69, 9.17) is 5.73 Å². The first kappa shape index (κ1) is 15.3. The molecule has 0 spiro atoms. The Morgan fingerprint density at radius 3 is 2.58 bits per heavy atom. The third-order valence-corrected chi connectivity index (χ3v) is 6.83. The average Bonchev–Trinajstić information content (AvgIpc) is 2.72. The molecular formula is C14H28N2O2S. The van der Waals surface area contributed by atoms with Crippen molar-refractivity contribution in [3.8, 4) is 0 Å². The maximum absolute atomic E-state index is 11.5. The molecule has 1 saturated heterocycles. The summed E-state index contributed by atoms with van der Waals surface area (Å²) >= 11 is 0. The molecule has 1 aliphatic carbocycles. The van der Waals surface area contributed by atoms with Gasteiger partial charge in [0.2, 0.25) is 0 Å². The summed E-state index contributed by atoms with van der Waals surface area (Å²) in [5.41, 5.74) is 6.25. The molecule has 4 atom stereocenters. The van der Waals surface area contributed by atoms with Crippen molar-refractivity contribution in [2.24, 2.45) is 17.6 Å². The molecule has 19 heavy (non-hydrogen) atoms. The zero-order valence-corrected chi connectivity index (χ0v) is 13.0. The Labute approximate surface area is 117 Å². The first-order chi connectivity index (χ1) is 8.91. The van der Waals surface area contributed by atoms with Crippen LogP contribution in [0.2, 0.25) is 0 Å². The van der Waals surface area contributed by atoms with Crippen LogP contribution in [0.5, 0.6) is 0 Å². The van der Waals surface area contributed by atoms with Crippen molar-refractivity contribution in [1.82, 2.24) is 4.90 Å². The van der Waals surface area contributed by atoms with Crippen LogP contribution in [0, 0.1) is 11.8 Å². The van der Waals surface area contributed by atoms with Crippen molar-refractivity contribution in [3.63, 3.8) is 0 Å².